The van der Waals surface area contributed by atoms with Crippen LogP contribution in [0.25, 0.3) is 0 Å². The lowest BCUT2D eigenvalue weighted by molar-refractivity contribution is -0.131. The highest BCUT2D eigenvalue weighted by atomic mass is 35.5. The molecule has 0 bridgehead atoms. The van der Waals surface area contributed by atoms with Crippen molar-refractivity contribution in [3.05, 3.63) is 51.7 Å². The zero-order chi connectivity index (χ0) is 17.5. The molecule has 2 aromatic rings. The number of carbonyl (C=O) groups is 2. The number of halogens is 1. The summed E-state index contributed by atoms with van der Waals surface area (Å²) in [4.78, 5) is 28.7. The number of carbonyl (C=O) groups excluding carboxylic acids is 2. The van der Waals surface area contributed by atoms with Gasteiger partial charge in [-0.3, -0.25) is 14.5 Å². The Bertz CT molecular complexity index is 691. The third kappa shape index (κ3) is 5.63. The average Bonchev–Trinajstić information content (AvgIpc) is 3.02. The van der Waals surface area contributed by atoms with Crippen molar-refractivity contribution >= 4 is 40.4 Å². The number of thiophene rings is 1. The number of para-hydroxylation sites is 1. The molecule has 0 saturated heterocycles. The van der Waals surface area contributed by atoms with Crippen molar-refractivity contribution in [2.75, 3.05) is 32.5 Å². The summed E-state index contributed by atoms with van der Waals surface area (Å²) in [5.74, 6) is -0.240. The molecule has 0 fully saturated rings. The SMILES string of the molecule is CN(CC(=O)Nc1ccccc1Cl)CC(=O)N(C)Cc1cccs1. The highest BCUT2D eigenvalue weighted by molar-refractivity contribution is 7.09. The summed E-state index contributed by atoms with van der Waals surface area (Å²) in [6.07, 6.45) is 0. The van der Waals surface area contributed by atoms with Crippen molar-refractivity contribution < 1.29 is 9.59 Å². The maximum Gasteiger partial charge on any atom is 0.238 e. The van der Waals surface area contributed by atoms with Crippen molar-refractivity contribution in [1.29, 1.82) is 0 Å². The summed E-state index contributed by atoms with van der Waals surface area (Å²) >= 11 is 7.63. The Hall–Kier alpha value is -1.89. The Kier molecular flexibility index (Phi) is 6.78. The summed E-state index contributed by atoms with van der Waals surface area (Å²) in [5, 5.41) is 5.22. The van der Waals surface area contributed by atoms with Gasteiger partial charge >= 0.3 is 0 Å². The number of benzene rings is 1. The van der Waals surface area contributed by atoms with Gasteiger partial charge in [-0.05, 0) is 30.6 Å². The van der Waals surface area contributed by atoms with Crippen molar-refractivity contribution in [3.63, 3.8) is 0 Å². The summed E-state index contributed by atoms with van der Waals surface area (Å²) in [6, 6.07) is 11.0. The maximum atomic E-state index is 12.2. The molecule has 0 aliphatic heterocycles. The topological polar surface area (TPSA) is 52.7 Å². The number of hydrogen-bond donors (Lipinski definition) is 1. The summed E-state index contributed by atoms with van der Waals surface area (Å²) in [7, 11) is 3.50. The van der Waals surface area contributed by atoms with Crippen LogP contribution in [0.3, 0.4) is 0 Å². The molecule has 1 aromatic heterocycles. The number of amides is 2. The Labute approximate surface area is 150 Å². The summed E-state index contributed by atoms with van der Waals surface area (Å²) < 4.78 is 0. The van der Waals surface area contributed by atoms with Crippen LogP contribution >= 0.6 is 22.9 Å². The number of likely N-dealkylation sites (N-methyl/N-ethyl adjacent to an activating group) is 2. The fourth-order valence-corrected chi connectivity index (χ4v) is 3.07. The van der Waals surface area contributed by atoms with E-state index in [1.807, 2.05) is 17.5 Å². The second kappa shape index (κ2) is 8.82. The van der Waals surface area contributed by atoms with Crippen LogP contribution in [-0.2, 0) is 16.1 Å². The molecular weight excluding hydrogens is 346 g/mol. The molecule has 0 spiro atoms. The van der Waals surface area contributed by atoms with Gasteiger partial charge < -0.3 is 10.2 Å². The number of nitrogens with zero attached hydrogens (tertiary/aromatic N) is 2. The van der Waals surface area contributed by atoms with E-state index in [-0.39, 0.29) is 24.9 Å². The first-order valence-electron chi connectivity index (χ1n) is 7.45. The van der Waals surface area contributed by atoms with Crippen LogP contribution in [0.4, 0.5) is 5.69 Å². The monoisotopic (exact) mass is 365 g/mol. The van der Waals surface area contributed by atoms with Crippen LogP contribution in [0, 0.1) is 0 Å². The van der Waals surface area contributed by atoms with E-state index in [0.717, 1.165) is 4.88 Å². The van der Waals surface area contributed by atoms with E-state index in [0.29, 0.717) is 17.3 Å². The molecule has 7 heteroatoms. The standard InChI is InChI=1S/C17H20ClN3O2S/c1-20(11-16(22)19-15-8-4-3-7-14(15)18)12-17(23)21(2)10-13-6-5-9-24-13/h3-9H,10-12H2,1-2H3,(H,19,22). The number of hydrogen-bond acceptors (Lipinski definition) is 4. The molecule has 24 heavy (non-hydrogen) atoms. The Balaban J connectivity index is 1.79. The molecule has 5 nitrogen and oxygen atoms in total. The molecule has 0 aliphatic rings. The molecule has 1 N–H and O–H groups in total. The minimum atomic E-state index is -0.209. The molecule has 0 saturated carbocycles. The van der Waals surface area contributed by atoms with Gasteiger partial charge in [-0.25, -0.2) is 0 Å². The van der Waals surface area contributed by atoms with Gasteiger partial charge in [0.2, 0.25) is 11.8 Å². The van der Waals surface area contributed by atoms with E-state index in [4.69, 9.17) is 11.6 Å². The zero-order valence-electron chi connectivity index (χ0n) is 13.7. The Morgan fingerprint density at radius 3 is 2.54 bits per heavy atom. The third-order valence-corrected chi connectivity index (χ3v) is 4.56. The molecule has 0 aliphatic carbocycles. The van der Waals surface area contributed by atoms with Gasteiger partial charge in [0.05, 0.1) is 30.3 Å². The molecule has 0 unspecified atom stereocenters. The van der Waals surface area contributed by atoms with Crippen LogP contribution in [0.5, 0.6) is 0 Å². The van der Waals surface area contributed by atoms with Crippen molar-refractivity contribution in [2.24, 2.45) is 0 Å². The van der Waals surface area contributed by atoms with E-state index in [9.17, 15) is 9.59 Å². The summed E-state index contributed by atoms with van der Waals surface area (Å²) in [6.45, 7) is 0.873. The van der Waals surface area contributed by atoms with Crippen molar-refractivity contribution in [3.8, 4) is 0 Å². The lowest BCUT2D eigenvalue weighted by Crippen LogP contribution is -2.39. The number of rotatable bonds is 7. The smallest absolute Gasteiger partial charge is 0.238 e. The maximum absolute atomic E-state index is 12.2. The molecule has 128 valence electrons. The quantitative estimate of drug-likeness (QED) is 0.820. The minimum absolute atomic E-state index is 0.0311. The van der Waals surface area contributed by atoms with Crippen LogP contribution in [0.15, 0.2) is 41.8 Å². The van der Waals surface area contributed by atoms with Gasteiger partial charge in [-0.2, -0.15) is 0 Å². The van der Waals surface area contributed by atoms with E-state index < -0.39 is 0 Å². The molecular formula is C17H20ClN3O2S. The number of nitrogens with one attached hydrogen (secondary N) is 1. The van der Waals surface area contributed by atoms with Gasteiger partial charge in [0.1, 0.15) is 0 Å². The highest BCUT2D eigenvalue weighted by Gasteiger charge is 2.15. The highest BCUT2D eigenvalue weighted by Crippen LogP contribution is 2.20. The average molecular weight is 366 g/mol. The van der Waals surface area contributed by atoms with E-state index in [2.05, 4.69) is 5.32 Å². The first-order chi connectivity index (χ1) is 11.5. The second-order valence-electron chi connectivity index (χ2n) is 5.53. The lowest BCUT2D eigenvalue weighted by atomic mass is 10.3. The number of anilines is 1. The fraction of sp³-hybridized carbons (Fsp3) is 0.294. The second-order valence-corrected chi connectivity index (χ2v) is 6.97. The van der Waals surface area contributed by atoms with Crippen molar-refractivity contribution in [2.45, 2.75) is 6.54 Å². The molecule has 2 amide bonds. The van der Waals surface area contributed by atoms with Crippen LogP contribution in [-0.4, -0.2) is 48.8 Å². The normalized spacial score (nSPS) is 10.7. The minimum Gasteiger partial charge on any atom is -0.340 e. The van der Waals surface area contributed by atoms with Gasteiger partial charge in [-0.1, -0.05) is 29.8 Å². The third-order valence-electron chi connectivity index (χ3n) is 3.37. The van der Waals surface area contributed by atoms with Gasteiger partial charge in [0.15, 0.2) is 0 Å². The molecule has 2 rings (SSSR count). The largest absolute Gasteiger partial charge is 0.340 e. The molecule has 0 atom stereocenters. The Morgan fingerprint density at radius 1 is 1.12 bits per heavy atom. The van der Waals surface area contributed by atoms with E-state index >= 15 is 0 Å². The van der Waals surface area contributed by atoms with E-state index in [1.54, 1.807) is 59.5 Å². The predicted molar refractivity (Wildman–Crippen MR) is 98.4 cm³/mol. The first-order valence-corrected chi connectivity index (χ1v) is 8.70. The molecule has 0 radical (unpaired) electrons. The van der Waals surface area contributed by atoms with Crippen LogP contribution < -0.4 is 5.32 Å². The zero-order valence-corrected chi connectivity index (χ0v) is 15.2. The molecule has 1 heterocycles. The van der Waals surface area contributed by atoms with E-state index in [1.165, 1.54) is 0 Å². The lowest BCUT2D eigenvalue weighted by Gasteiger charge is -2.21. The van der Waals surface area contributed by atoms with Gasteiger partial charge in [0, 0.05) is 11.9 Å². The molecule has 1 aromatic carbocycles. The van der Waals surface area contributed by atoms with Gasteiger partial charge in [-0.15, -0.1) is 11.3 Å². The fourth-order valence-electron chi connectivity index (χ4n) is 2.13. The summed E-state index contributed by atoms with van der Waals surface area (Å²) in [5.41, 5.74) is 0.568. The van der Waals surface area contributed by atoms with Gasteiger partial charge in [0.25, 0.3) is 0 Å². The van der Waals surface area contributed by atoms with Crippen LogP contribution in [0.2, 0.25) is 5.02 Å². The van der Waals surface area contributed by atoms with Crippen LogP contribution in [0.1, 0.15) is 4.88 Å². The predicted octanol–water partition coefficient (Wildman–Crippen LogP) is 2.93. The van der Waals surface area contributed by atoms with Crippen molar-refractivity contribution in [1.82, 2.24) is 9.80 Å². The Morgan fingerprint density at radius 2 is 1.88 bits per heavy atom. The first kappa shape index (κ1) is 18.4.